The van der Waals surface area contributed by atoms with Crippen molar-refractivity contribution in [3.05, 3.63) is 23.8 Å². The Morgan fingerprint density at radius 1 is 1.31 bits per heavy atom. The van der Waals surface area contributed by atoms with E-state index in [1.807, 2.05) is 45.9 Å². The monoisotopic (exact) mass is 486 g/mol. The minimum absolute atomic E-state index is 0.0133. The lowest BCUT2D eigenvalue weighted by molar-refractivity contribution is -0.133. The summed E-state index contributed by atoms with van der Waals surface area (Å²) in [4.78, 5) is 27.9. The molecule has 2 amide bonds. The van der Waals surface area contributed by atoms with E-state index in [1.54, 1.807) is 19.1 Å². The molecule has 4 atom stereocenters. The molecular weight excluding hydrogens is 448 g/mol. The van der Waals surface area contributed by atoms with Gasteiger partial charge >= 0.3 is 0 Å². The van der Waals surface area contributed by atoms with Crippen LogP contribution in [-0.4, -0.2) is 60.7 Å². The molecule has 3 N–H and O–H groups in total. The number of methoxy groups -OCH3 is 2. The van der Waals surface area contributed by atoms with E-state index in [2.05, 4.69) is 10.6 Å². The number of amides is 2. The first kappa shape index (κ1) is 25.3. The molecular formula is C26H38N4O5. The van der Waals surface area contributed by atoms with Gasteiger partial charge in [-0.1, -0.05) is 0 Å². The quantitative estimate of drug-likeness (QED) is 0.521. The number of nitrogens with one attached hydrogen (secondary N) is 3. The van der Waals surface area contributed by atoms with Crippen LogP contribution in [0.5, 0.6) is 11.5 Å². The number of hydrogen-bond donors (Lipinski definition) is 3. The zero-order valence-electron chi connectivity index (χ0n) is 21.6. The van der Waals surface area contributed by atoms with Crippen molar-refractivity contribution in [2.45, 2.75) is 76.6 Å². The third-order valence-electron chi connectivity index (χ3n) is 7.17. The van der Waals surface area contributed by atoms with Crippen molar-refractivity contribution in [1.82, 2.24) is 15.5 Å². The maximum absolute atomic E-state index is 13.4. The van der Waals surface area contributed by atoms with E-state index in [0.29, 0.717) is 38.0 Å². The molecule has 1 saturated carbocycles. The number of nitrogens with zero attached hydrogens (tertiary/aromatic N) is 1. The molecule has 4 rings (SSSR count). The van der Waals surface area contributed by atoms with Crippen LogP contribution in [-0.2, 0) is 14.3 Å². The van der Waals surface area contributed by atoms with E-state index in [-0.39, 0.29) is 41.7 Å². The van der Waals surface area contributed by atoms with E-state index in [1.165, 1.54) is 0 Å². The van der Waals surface area contributed by atoms with Gasteiger partial charge in [0.05, 0.1) is 13.2 Å². The van der Waals surface area contributed by atoms with Crippen molar-refractivity contribution in [2.24, 2.45) is 11.8 Å². The Balaban J connectivity index is 1.49. The number of carbonyl (C=O) groups excluding carboxylic acids is 2. The summed E-state index contributed by atoms with van der Waals surface area (Å²) >= 11 is 0. The van der Waals surface area contributed by atoms with E-state index in [4.69, 9.17) is 19.6 Å². The maximum Gasteiger partial charge on any atom is 0.231 e. The molecule has 35 heavy (non-hydrogen) atoms. The standard InChI is InChI=1S/C26H38N4O5/c1-25(2)14-22(31)30(24(27)29-25)20(9-10-33-5)17-12-18(17)23(32)28-19-13-26(3,4)35-21-11-15(34-6)7-8-16(19)21/h7-8,11,17-20H,9-10,12-14H2,1-6H3,(H2,27,29)(H,28,32)/t17?,18-,19-,20-/m1/s1. The number of ether oxygens (including phenoxy) is 3. The van der Waals surface area contributed by atoms with Gasteiger partial charge in [0.25, 0.3) is 0 Å². The fourth-order valence-corrected chi connectivity index (χ4v) is 5.44. The molecule has 0 spiro atoms. The number of benzene rings is 1. The average Bonchev–Trinajstić information content (AvgIpc) is 3.54. The average molecular weight is 487 g/mol. The number of rotatable bonds is 8. The molecule has 1 aliphatic carbocycles. The Kier molecular flexibility index (Phi) is 6.74. The summed E-state index contributed by atoms with van der Waals surface area (Å²) in [5, 5.41) is 14.9. The number of fused-ring (bicyclic) bond motifs is 1. The topological polar surface area (TPSA) is 113 Å². The smallest absolute Gasteiger partial charge is 0.231 e. The predicted molar refractivity (Wildman–Crippen MR) is 131 cm³/mol. The third-order valence-corrected chi connectivity index (χ3v) is 7.17. The van der Waals surface area contributed by atoms with Crippen molar-refractivity contribution in [3.63, 3.8) is 0 Å². The van der Waals surface area contributed by atoms with Crippen LogP contribution in [0.25, 0.3) is 0 Å². The van der Waals surface area contributed by atoms with Crippen LogP contribution < -0.4 is 20.1 Å². The highest BCUT2D eigenvalue weighted by Crippen LogP contribution is 2.47. The molecule has 0 radical (unpaired) electrons. The van der Waals surface area contributed by atoms with E-state index in [0.717, 1.165) is 11.3 Å². The van der Waals surface area contributed by atoms with Crippen LogP contribution in [0, 0.1) is 17.2 Å². The van der Waals surface area contributed by atoms with Gasteiger partial charge in [0.1, 0.15) is 17.1 Å². The summed E-state index contributed by atoms with van der Waals surface area (Å²) in [5.74, 6) is 1.21. The lowest BCUT2D eigenvalue weighted by Gasteiger charge is -2.42. The third kappa shape index (κ3) is 5.39. The molecule has 0 bridgehead atoms. The number of carbonyl (C=O) groups is 2. The van der Waals surface area contributed by atoms with Gasteiger partial charge in [0, 0.05) is 55.7 Å². The minimum atomic E-state index is -0.456. The Bertz CT molecular complexity index is 987. The van der Waals surface area contributed by atoms with Crippen LogP contribution >= 0.6 is 0 Å². The van der Waals surface area contributed by atoms with Crippen molar-refractivity contribution in [1.29, 1.82) is 5.41 Å². The Morgan fingerprint density at radius 3 is 2.71 bits per heavy atom. The summed E-state index contributed by atoms with van der Waals surface area (Å²) in [7, 11) is 3.24. The second-order valence-corrected chi connectivity index (χ2v) is 11.2. The van der Waals surface area contributed by atoms with E-state index in [9.17, 15) is 9.59 Å². The van der Waals surface area contributed by atoms with Gasteiger partial charge in [-0.25, -0.2) is 0 Å². The highest BCUT2D eigenvalue weighted by molar-refractivity contribution is 5.99. The Hall–Kier alpha value is -2.81. The molecule has 1 saturated heterocycles. The molecule has 2 fully saturated rings. The van der Waals surface area contributed by atoms with Crippen LogP contribution in [0.4, 0.5) is 0 Å². The highest BCUT2D eigenvalue weighted by Gasteiger charge is 2.53. The van der Waals surface area contributed by atoms with Crippen molar-refractivity contribution in [3.8, 4) is 11.5 Å². The van der Waals surface area contributed by atoms with E-state index < -0.39 is 11.1 Å². The maximum atomic E-state index is 13.4. The predicted octanol–water partition coefficient (Wildman–Crippen LogP) is 2.99. The SMILES string of the molecule is COCC[C@H](C1C[C@H]1C(=O)N[C@@H]1CC(C)(C)Oc2cc(OC)ccc21)N1C(=N)NC(C)(C)CC1=O. The van der Waals surface area contributed by atoms with Gasteiger partial charge < -0.3 is 24.8 Å². The molecule has 2 aliphatic heterocycles. The van der Waals surface area contributed by atoms with Crippen molar-refractivity contribution >= 4 is 17.8 Å². The summed E-state index contributed by atoms with van der Waals surface area (Å²) in [6.45, 7) is 8.31. The lowest BCUT2D eigenvalue weighted by Crippen LogP contribution is -2.63. The second-order valence-electron chi connectivity index (χ2n) is 11.2. The lowest BCUT2D eigenvalue weighted by atomic mass is 9.89. The fourth-order valence-electron chi connectivity index (χ4n) is 5.44. The Morgan fingerprint density at radius 2 is 2.06 bits per heavy atom. The Labute approximate surface area is 207 Å². The van der Waals surface area contributed by atoms with Gasteiger partial charge in [0.2, 0.25) is 11.8 Å². The van der Waals surface area contributed by atoms with Crippen molar-refractivity contribution in [2.75, 3.05) is 20.8 Å². The number of guanidine groups is 1. The molecule has 0 aromatic heterocycles. The van der Waals surface area contributed by atoms with Gasteiger partial charge in [-0.2, -0.15) is 0 Å². The molecule has 2 heterocycles. The fraction of sp³-hybridized carbons (Fsp3) is 0.654. The molecule has 1 unspecified atom stereocenters. The molecule has 9 nitrogen and oxygen atoms in total. The zero-order chi connectivity index (χ0) is 25.5. The van der Waals surface area contributed by atoms with E-state index >= 15 is 0 Å². The van der Waals surface area contributed by atoms with Gasteiger partial charge in [-0.3, -0.25) is 19.9 Å². The highest BCUT2D eigenvalue weighted by atomic mass is 16.5. The molecule has 192 valence electrons. The summed E-state index contributed by atoms with van der Waals surface area (Å²) < 4.78 is 16.8. The minimum Gasteiger partial charge on any atom is -0.497 e. The van der Waals surface area contributed by atoms with Crippen LogP contribution in [0.3, 0.4) is 0 Å². The summed E-state index contributed by atoms with van der Waals surface area (Å²) in [5.41, 5.74) is 0.0450. The zero-order valence-corrected chi connectivity index (χ0v) is 21.6. The van der Waals surface area contributed by atoms with Crippen LogP contribution in [0.1, 0.15) is 65.0 Å². The molecule has 1 aromatic rings. The van der Waals surface area contributed by atoms with Crippen LogP contribution in [0.2, 0.25) is 0 Å². The largest absolute Gasteiger partial charge is 0.497 e. The van der Waals surface area contributed by atoms with Crippen LogP contribution in [0.15, 0.2) is 18.2 Å². The first-order valence-corrected chi connectivity index (χ1v) is 12.3. The van der Waals surface area contributed by atoms with Crippen molar-refractivity contribution < 1.29 is 23.8 Å². The molecule has 9 heteroatoms. The second kappa shape index (κ2) is 9.33. The van der Waals surface area contributed by atoms with Gasteiger partial charge in [-0.05, 0) is 58.6 Å². The normalized spacial score (nSPS) is 27.3. The van der Waals surface area contributed by atoms with Gasteiger partial charge in [0.15, 0.2) is 5.96 Å². The number of hydrogen-bond acceptors (Lipinski definition) is 6. The molecule has 1 aromatic carbocycles. The summed E-state index contributed by atoms with van der Waals surface area (Å²) in [6.07, 6.45) is 2.22. The first-order chi connectivity index (χ1) is 16.4. The molecule has 3 aliphatic rings. The van der Waals surface area contributed by atoms with Gasteiger partial charge in [-0.15, -0.1) is 0 Å². The first-order valence-electron chi connectivity index (χ1n) is 12.3. The summed E-state index contributed by atoms with van der Waals surface area (Å²) in [6, 6.07) is 5.25.